The molecule has 0 spiro atoms. The first-order valence-corrected chi connectivity index (χ1v) is 6.90. The maximum absolute atomic E-state index is 11.7. The molecule has 1 saturated carbocycles. The van der Waals surface area contributed by atoms with Crippen LogP contribution in [0.1, 0.15) is 50.2 Å². The van der Waals surface area contributed by atoms with E-state index in [4.69, 9.17) is 0 Å². The van der Waals surface area contributed by atoms with Gasteiger partial charge in [-0.2, -0.15) is 0 Å². The van der Waals surface area contributed by atoms with Gasteiger partial charge >= 0.3 is 0 Å². The zero-order valence-corrected chi connectivity index (χ0v) is 10.7. The molecule has 1 aromatic carbocycles. The Hall–Kier alpha value is -1.11. The minimum Gasteiger partial charge on any atom is -0.299 e. The predicted molar refractivity (Wildman–Crippen MR) is 71.1 cm³/mol. The fourth-order valence-corrected chi connectivity index (χ4v) is 2.64. The van der Waals surface area contributed by atoms with Crippen LogP contribution in [0, 0.1) is 5.92 Å². The molecular formula is C16H22O. The molecule has 0 saturated heterocycles. The molecule has 0 amide bonds. The van der Waals surface area contributed by atoms with E-state index in [9.17, 15) is 4.79 Å². The molecular weight excluding hydrogens is 208 g/mol. The summed E-state index contributed by atoms with van der Waals surface area (Å²) in [5, 5.41) is 0. The van der Waals surface area contributed by atoms with E-state index in [1.54, 1.807) is 0 Å². The quantitative estimate of drug-likeness (QED) is 0.765. The molecule has 1 heteroatoms. The Bertz CT molecular complexity index is 364. The molecule has 1 aliphatic rings. The van der Waals surface area contributed by atoms with Crippen molar-refractivity contribution in [2.45, 2.75) is 51.9 Å². The van der Waals surface area contributed by atoms with Gasteiger partial charge in [-0.1, -0.05) is 37.6 Å². The number of benzene rings is 1. The van der Waals surface area contributed by atoms with Crippen molar-refractivity contribution < 1.29 is 4.79 Å². The zero-order valence-electron chi connectivity index (χ0n) is 10.7. The third kappa shape index (κ3) is 3.42. The smallest absolute Gasteiger partial charge is 0.135 e. The van der Waals surface area contributed by atoms with E-state index < -0.39 is 0 Å². The van der Waals surface area contributed by atoms with Crippen molar-refractivity contribution in [2.75, 3.05) is 0 Å². The molecule has 0 N–H and O–H groups in total. The van der Waals surface area contributed by atoms with Crippen molar-refractivity contribution in [1.29, 1.82) is 0 Å². The van der Waals surface area contributed by atoms with Gasteiger partial charge in [-0.15, -0.1) is 0 Å². The first kappa shape index (κ1) is 12.3. The molecule has 1 fully saturated rings. The monoisotopic (exact) mass is 230 g/mol. The lowest BCUT2D eigenvalue weighted by Crippen LogP contribution is -2.19. The second kappa shape index (κ2) is 6.00. The Morgan fingerprint density at radius 2 is 1.82 bits per heavy atom. The predicted octanol–water partition coefficient (Wildman–Crippen LogP) is 3.94. The summed E-state index contributed by atoms with van der Waals surface area (Å²) >= 11 is 0. The highest BCUT2D eigenvalue weighted by Gasteiger charge is 2.21. The summed E-state index contributed by atoms with van der Waals surface area (Å²) in [5.74, 6) is 0.844. The topological polar surface area (TPSA) is 17.1 Å². The standard InChI is InChI=1S/C16H22O/c1-2-13-7-9-14(10-8-13)11-12-15-5-3-4-6-16(15)17/h7-10,15H,2-6,11-12H2,1H3. The summed E-state index contributed by atoms with van der Waals surface area (Å²) in [6, 6.07) is 8.84. The Labute approximate surface area is 104 Å². The van der Waals surface area contributed by atoms with E-state index in [-0.39, 0.29) is 0 Å². The van der Waals surface area contributed by atoms with Crippen molar-refractivity contribution in [1.82, 2.24) is 0 Å². The number of carbonyl (C=O) groups excluding carboxylic acids is 1. The van der Waals surface area contributed by atoms with Crippen LogP contribution in [0.5, 0.6) is 0 Å². The highest BCUT2D eigenvalue weighted by Crippen LogP contribution is 2.24. The third-order valence-corrected chi connectivity index (χ3v) is 3.89. The maximum Gasteiger partial charge on any atom is 0.135 e. The second-order valence-corrected chi connectivity index (χ2v) is 5.12. The Balaban J connectivity index is 1.86. The number of hydrogen-bond acceptors (Lipinski definition) is 1. The second-order valence-electron chi connectivity index (χ2n) is 5.12. The first-order valence-electron chi connectivity index (χ1n) is 6.90. The molecule has 0 aromatic heterocycles. The van der Waals surface area contributed by atoms with Crippen LogP contribution in [-0.4, -0.2) is 5.78 Å². The van der Waals surface area contributed by atoms with Gasteiger partial charge in [-0.05, 0) is 43.2 Å². The summed E-state index contributed by atoms with van der Waals surface area (Å²) in [6.07, 6.45) is 7.49. The van der Waals surface area contributed by atoms with E-state index in [1.165, 1.54) is 17.5 Å². The van der Waals surface area contributed by atoms with Crippen molar-refractivity contribution >= 4 is 5.78 Å². The molecule has 1 atom stereocenters. The van der Waals surface area contributed by atoms with Gasteiger partial charge < -0.3 is 0 Å². The van der Waals surface area contributed by atoms with Gasteiger partial charge in [0.2, 0.25) is 0 Å². The summed E-state index contributed by atoms with van der Waals surface area (Å²) < 4.78 is 0. The molecule has 17 heavy (non-hydrogen) atoms. The molecule has 0 aliphatic heterocycles. The Morgan fingerprint density at radius 1 is 1.12 bits per heavy atom. The molecule has 92 valence electrons. The van der Waals surface area contributed by atoms with Crippen molar-refractivity contribution in [2.24, 2.45) is 5.92 Å². The van der Waals surface area contributed by atoms with Crippen LogP contribution < -0.4 is 0 Å². The highest BCUT2D eigenvalue weighted by molar-refractivity contribution is 5.81. The normalized spacial score (nSPS) is 20.5. The average molecular weight is 230 g/mol. The third-order valence-electron chi connectivity index (χ3n) is 3.89. The molecule has 2 rings (SSSR count). The lowest BCUT2D eigenvalue weighted by Gasteiger charge is -2.20. The van der Waals surface area contributed by atoms with Crippen LogP contribution in [0.15, 0.2) is 24.3 Å². The fourth-order valence-electron chi connectivity index (χ4n) is 2.64. The summed E-state index contributed by atoms with van der Waals surface area (Å²) in [6.45, 7) is 2.18. The molecule has 1 aliphatic carbocycles. The van der Waals surface area contributed by atoms with Crippen LogP contribution in [0.3, 0.4) is 0 Å². The molecule has 0 heterocycles. The van der Waals surface area contributed by atoms with Crippen LogP contribution >= 0.6 is 0 Å². The van der Waals surface area contributed by atoms with Gasteiger partial charge in [0.05, 0.1) is 0 Å². The van der Waals surface area contributed by atoms with E-state index in [0.29, 0.717) is 11.7 Å². The molecule has 1 aromatic rings. The summed E-state index contributed by atoms with van der Waals surface area (Å²) in [5.41, 5.74) is 2.77. The first-order chi connectivity index (χ1) is 8.29. The Kier molecular flexibility index (Phi) is 4.36. The Morgan fingerprint density at radius 3 is 2.47 bits per heavy atom. The largest absolute Gasteiger partial charge is 0.299 e. The fraction of sp³-hybridized carbons (Fsp3) is 0.562. The number of hydrogen-bond donors (Lipinski definition) is 0. The maximum atomic E-state index is 11.7. The van der Waals surface area contributed by atoms with E-state index in [0.717, 1.165) is 38.5 Å². The van der Waals surface area contributed by atoms with E-state index in [2.05, 4.69) is 31.2 Å². The summed E-state index contributed by atoms with van der Waals surface area (Å²) in [4.78, 5) is 11.7. The molecule has 1 nitrogen and oxygen atoms in total. The van der Waals surface area contributed by atoms with Gasteiger partial charge in [0.25, 0.3) is 0 Å². The number of carbonyl (C=O) groups is 1. The van der Waals surface area contributed by atoms with E-state index in [1.807, 2.05) is 0 Å². The molecule has 0 radical (unpaired) electrons. The van der Waals surface area contributed by atoms with Gasteiger partial charge in [-0.25, -0.2) is 0 Å². The van der Waals surface area contributed by atoms with Gasteiger partial charge in [-0.3, -0.25) is 4.79 Å². The summed E-state index contributed by atoms with van der Waals surface area (Å²) in [7, 11) is 0. The van der Waals surface area contributed by atoms with Crippen molar-refractivity contribution in [3.05, 3.63) is 35.4 Å². The SMILES string of the molecule is CCc1ccc(CCC2CCCCC2=O)cc1. The highest BCUT2D eigenvalue weighted by atomic mass is 16.1. The molecule has 0 bridgehead atoms. The van der Waals surface area contributed by atoms with Crippen LogP contribution in [0.4, 0.5) is 0 Å². The number of rotatable bonds is 4. The van der Waals surface area contributed by atoms with Gasteiger partial charge in [0.1, 0.15) is 5.78 Å². The van der Waals surface area contributed by atoms with Crippen molar-refractivity contribution in [3.63, 3.8) is 0 Å². The minimum atomic E-state index is 0.342. The van der Waals surface area contributed by atoms with Gasteiger partial charge in [0.15, 0.2) is 0 Å². The lowest BCUT2D eigenvalue weighted by atomic mass is 9.84. The van der Waals surface area contributed by atoms with Crippen LogP contribution in [0.25, 0.3) is 0 Å². The van der Waals surface area contributed by atoms with Crippen molar-refractivity contribution in [3.8, 4) is 0 Å². The molecule has 1 unspecified atom stereocenters. The number of Topliss-reactive ketones (excluding diaryl/α,β-unsaturated/α-hetero) is 1. The minimum absolute atomic E-state index is 0.342. The average Bonchev–Trinajstić information content (AvgIpc) is 2.38. The van der Waals surface area contributed by atoms with Crippen LogP contribution in [-0.2, 0) is 17.6 Å². The lowest BCUT2D eigenvalue weighted by molar-refractivity contribution is -0.124. The van der Waals surface area contributed by atoms with Crippen LogP contribution in [0.2, 0.25) is 0 Å². The van der Waals surface area contributed by atoms with Gasteiger partial charge in [0, 0.05) is 12.3 Å². The number of aryl methyl sites for hydroxylation is 2. The zero-order chi connectivity index (χ0) is 12.1. The number of ketones is 1. The van der Waals surface area contributed by atoms with E-state index >= 15 is 0 Å².